The summed E-state index contributed by atoms with van der Waals surface area (Å²) in [6, 6.07) is 18.7. The molecule has 0 unspecified atom stereocenters. The fourth-order valence-electron chi connectivity index (χ4n) is 3.14. The summed E-state index contributed by atoms with van der Waals surface area (Å²) in [7, 11) is 0. The second kappa shape index (κ2) is 8.81. The maximum absolute atomic E-state index is 12.4. The monoisotopic (exact) mass is 359 g/mol. The molecule has 3 rings (SSSR count). The maximum atomic E-state index is 12.4. The number of anilines is 1. The van der Waals surface area contributed by atoms with Crippen molar-refractivity contribution in [2.45, 2.75) is 12.8 Å². The van der Waals surface area contributed by atoms with Gasteiger partial charge in [-0.1, -0.05) is 36.4 Å². The molecule has 1 N–H and O–H groups in total. The van der Waals surface area contributed by atoms with Gasteiger partial charge in [-0.05, 0) is 42.7 Å². The molecule has 1 fully saturated rings. The van der Waals surface area contributed by atoms with Crippen LogP contribution in [0.2, 0.25) is 0 Å². The van der Waals surface area contributed by atoms with Gasteiger partial charge in [-0.2, -0.15) is 5.26 Å². The molecule has 5 nitrogen and oxygen atoms in total. The predicted octanol–water partition coefficient (Wildman–Crippen LogP) is 3.45. The number of hydrogen-bond donors (Lipinski definition) is 1. The van der Waals surface area contributed by atoms with Crippen LogP contribution in [-0.2, 0) is 9.59 Å². The molecular weight excluding hydrogens is 338 g/mol. The molecule has 2 amide bonds. The van der Waals surface area contributed by atoms with Crippen molar-refractivity contribution in [1.82, 2.24) is 4.90 Å². The lowest BCUT2D eigenvalue weighted by molar-refractivity contribution is -0.130. The first-order valence-corrected chi connectivity index (χ1v) is 8.99. The lowest BCUT2D eigenvalue weighted by atomic mass is 9.95. The summed E-state index contributed by atoms with van der Waals surface area (Å²) in [4.78, 5) is 26.5. The largest absolute Gasteiger partial charge is 0.339 e. The van der Waals surface area contributed by atoms with E-state index in [1.807, 2.05) is 42.5 Å². The second-order valence-corrected chi connectivity index (χ2v) is 6.49. The molecule has 0 aliphatic carbocycles. The molecule has 2 aromatic carbocycles. The van der Waals surface area contributed by atoms with Crippen molar-refractivity contribution in [1.29, 1.82) is 5.26 Å². The Morgan fingerprint density at radius 1 is 1.04 bits per heavy atom. The smallest absolute Gasteiger partial charge is 0.246 e. The van der Waals surface area contributed by atoms with Crippen LogP contribution in [0.5, 0.6) is 0 Å². The number of benzene rings is 2. The van der Waals surface area contributed by atoms with Crippen LogP contribution < -0.4 is 5.32 Å². The maximum Gasteiger partial charge on any atom is 0.246 e. The number of nitriles is 1. The summed E-state index contributed by atoms with van der Waals surface area (Å²) in [5, 5.41) is 12.0. The van der Waals surface area contributed by atoms with Gasteiger partial charge in [0, 0.05) is 30.8 Å². The van der Waals surface area contributed by atoms with E-state index in [2.05, 4.69) is 11.4 Å². The fourth-order valence-corrected chi connectivity index (χ4v) is 3.14. The molecule has 0 radical (unpaired) electrons. The van der Waals surface area contributed by atoms with E-state index in [-0.39, 0.29) is 17.7 Å². The zero-order chi connectivity index (χ0) is 19.1. The van der Waals surface area contributed by atoms with Crippen molar-refractivity contribution in [2.24, 2.45) is 5.92 Å². The standard InChI is InChI=1S/C22H21N3O2/c23-16-19-7-5-4-6-17(19)10-11-21(26)25-14-12-18(13-15-25)22(27)24-20-8-2-1-3-9-20/h1-11,18H,12-15H2,(H,24,27)/b11-10+. The van der Waals surface area contributed by atoms with Gasteiger partial charge in [-0.25, -0.2) is 0 Å². The van der Waals surface area contributed by atoms with Gasteiger partial charge in [0.1, 0.15) is 0 Å². The van der Waals surface area contributed by atoms with Gasteiger partial charge >= 0.3 is 0 Å². The first-order valence-electron chi connectivity index (χ1n) is 8.99. The first kappa shape index (κ1) is 18.4. The van der Waals surface area contributed by atoms with Gasteiger partial charge in [0.15, 0.2) is 0 Å². The van der Waals surface area contributed by atoms with Crippen molar-refractivity contribution < 1.29 is 9.59 Å². The molecule has 136 valence electrons. The molecule has 0 bridgehead atoms. The van der Waals surface area contributed by atoms with E-state index < -0.39 is 0 Å². The molecule has 1 heterocycles. The summed E-state index contributed by atoms with van der Waals surface area (Å²) < 4.78 is 0. The molecular formula is C22H21N3O2. The Bertz CT molecular complexity index is 876. The fraction of sp³-hybridized carbons (Fsp3) is 0.227. The van der Waals surface area contributed by atoms with Crippen LogP contribution in [0, 0.1) is 17.2 Å². The number of nitrogens with zero attached hydrogens (tertiary/aromatic N) is 2. The summed E-state index contributed by atoms with van der Waals surface area (Å²) >= 11 is 0. The van der Waals surface area contributed by atoms with Crippen LogP contribution >= 0.6 is 0 Å². The van der Waals surface area contributed by atoms with E-state index in [1.54, 1.807) is 23.1 Å². The number of para-hydroxylation sites is 1. The van der Waals surface area contributed by atoms with Crippen LogP contribution in [0.1, 0.15) is 24.0 Å². The molecule has 2 aromatic rings. The van der Waals surface area contributed by atoms with Crippen LogP contribution in [0.25, 0.3) is 6.08 Å². The third-order valence-electron chi connectivity index (χ3n) is 4.71. The Hall–Kier alpha value is -3.39. The number of likely N-dealkylation sites (tertiary alicyclic amines) is 1. The zero-order valence-electron chi connectivity index (χ0n) is 15.0. The molecule has 1 aliphatic heterocycles. The molecule has 1 aliphatic rings. The lowest BCUT2D eigenvalue weighted by Gasteiger charge is -2.30. The minimum Gasteiger partial charge on any atom is -0.339 e. The Kier molecular flexibility index (Phi) is 6.01. The van der Waals surface area contributed by atoms with Crippen molar-refractivity contribution in [3.63, 3.8) is 0 Å². The van der Waals surface area contributed by atoms with Crippen molar-refractivity contribution in [3.8, 4) is 6.07 Å². The van der Waals surface area contributed by atoms with Crippen LogP contribution in [0.15, 0.2) is 60.7 Å². The van der Waals surface area contributed by atoms with Crippen molar-refractivity contribution in [3.05, 3.63) is 71.8 Å². The van der Waals surface area contributed by atoms with Gasteiger partial charge in [0.25, 0.3) is 0 Å². The molecule has 0 saturated carbocycles. The van der Waals surface area contributed by atoms with E-state index >= 15 is 0 Å². The number of rotatable bonds is 4. The SMILES string of the molecule is N#Cc1ccccc1/C=C/C(=O)N1CCC(C(=O)Nc2ccccc2)CC1. The van der Waals surface area contributed by atoms with Gasteiger partial charge in [0.2, 0.25) is 11.8 Å². The number of amides is 2. The van der Waals surface area contributed by atoms with E-state index in [1.165, 1.54) is 6.08 Å². The third kappa shape index (κ3) is 4.83. The highest BCUT2D eigenvalue weighted by Crippen LogP contribution is 2.20. The van der Waals surface area contributed by atoms with Gasteiger partial charge in [0.05, 0.1) is 11.6 Å². The highest BCUT2D eigenvalue weighted by Gasteiger charge is 2.26. The zero-order valence-corrected chi connectivity index (χ0v) is 15.0. The average molecular weight is 359 g/mol. The topological polar surface area (TPSA) is 73.2 Å². The Balaban J connectivity index is 1.53. The highest BCUT2D eigenvalue weighted by molar-refractivity contribution is 5.94. The summed E-state index contributed by atoms with van der Waals surface area (Å²) in [5.41, 5.74) is 2.06. The minimum absolute atomic E-state index is 0.00629. The molecule has 1 saturated heterocycles. The average Bonchev–Trinajstić information content (AvgIpc) is 2.73. The van der Waals surface area contributed by atoms with E-state index in [0.29, 0.717) is 31.5 Å². The lowest BCUT2D eigenvalue weighted by Crippen LogP contribution is -2.40. The van der Waals surface area contributed by atoms with E-state index in [0.717, 1.165) is 11.3 Å². The normalized spacial score (nSPS) is 14.7. The number of piperidine rings is 1. The predicted molar refractivity (Wildman–Crippen MR) is 105 cm³/mol. The number of hydrogen-bond acceptors (Lipinski definition) is 3. The van der Waals surface area contributed by atoms with E-state index in [4.69, 9.17) is 5.26 Å². The van der Waals surface area contributed by atoms with Gasteiger partial charge in [-0.3, -0.25) is 9.59 Å². The first-order chi connectivity index (χ1) is 13.2. The summed E-state index contributed by atoms with van der Waals surface area (Å²) in [6.07, 6.45) is 4.47. The third-order valence-corrected chi connectivity index (χ3v) is 4.71. The molecule has 0 spiro atoms. The van der Waals surface area contributed by atoms with Crippen LogP contribution in [0.4, 0.5) is 5.69 Å². The minimum atomic E-state index is -0.0929. The van der Waals surface area contributed by atoms with Gasteiger partial charge in [-0.15, -0.1) is 0 Å². The van der Waals surface area contributed by atoms with Crippen LogP contribution in [-0.4, -0.2) is 29.8 Å². The molecule has 0 atom stereocenters. The van der Waals surface area contributed by atoms with Crippen molar-refractivity contribution >= 4 is 23.6 Å². The molecule has 27 heavy (non-hydrogen) atoms. The number of carbonyl (C=O) groups excluding carboxylic acids is 2. The Morgan fingerprint density at radius 3 is 2.41 bits per heavy atom. The second-order valence-electron chi connectivity index (χ2n) is 6.49. The summed E-state index contributed by atoms with van der Waals surface area (Å²) in [6.45, 7) is 1.10. The molecule has 0 aromatic heterocycles. The Morgan fingerprint density at radius 2 is 1.70 bits per heavy atom. The van der Waals surface area contributed by atoms with Crippen LogP contribution in [0.3, 0.4) is 0 Å². The quantitative estimate of drug-likeness (QED) is 0.850. The number of nitrogens with one attached hydrogen (secondary N) is 1. The van der Waals surface area contributed by atoms with Crippen molar-refractivity contribution in [2.75, 3.05) is 18.4 Å². The van der Waals surface area contributed by atoms with E-state index in [9.17, 15) is 9.59 Å². The summed E-state index contributed by atoms with van der Waals surface area (Å²) in [5.74, 6) is -0.172. The Labute approximate surface area is 158 Å². The highest BCUT2D eigenvalue weighted by atomic mass is 16.2. The van der Waals surface area contributed by atoms with Gasteiger partial charge < -0.3 is 10.2 Å². The molecule has 5 heteroatoms. The number of carbonyl (C=O) groups is 2.